The average Bonchev–Trinajstić information content (AvgIpc) is 2.92. The SMILES string of the molecule is CCCCCCCCCCCCCCCCCCC(=O)c1cccc(NC(=O)C=Cc2cccc(O)c2)c1. The summed E-state index contributed by atoms with van der Waals surface area (Å²) >= 11 is 0. The summed E-state index contributed by atoms with van der Waals surface area (Å²) in [6.07, 6.45) is 24.7. The second-order valence-electron chi connectivity index (χ2n) is 10.5. The van der Waals surface area contributed by atoms with Crippen molar-refractivity contribution in [1.29, 1.82) is 0 Å². The highest BCUT2D eigenvalue weighted by atomic mass is 16.3. The van der Waals surface area contributed by atoms with Crippen molar-refractivity contribution in [2.24, 2.45) is 0 Å². The van der Waals surface area contributed by atoms with Crippen LogP contribution in [0.3, 0.4) is 0 Å². The summed E-state index contributed by atoms with van der Waals surface area (Å²) in [6.45, 7) is 2.27. The van der Waals surface area contributed by atoms with Crippen molar-refractivity contribution in [2.75, 3.05) is 5.32 Å². The third kappa shape index (κ3) is 14.8. The van der Waals surface area contributed by atoms with Gasteiger partial charge >= 0.3 is 0 Å². The number of ketones is 1. The molecule has 38 heavy (non-hydrogen) atoms. The molecule has 2 N–H and O–H groups in total. The molecular weight excluding hydrogens is 470 g/mol. The first-order valence-electron chi connectivity index (χ1n) is 15.0. The van der Waals surface area contributed by atoms with Crippen molar-refractivity contribution in [3.8, 4) is 5.75 Å². The van der Waals surface area contributed by atoms with Crippen LogP contribution < -0.4 is 5.32 Å². The monoisotopic (exact) mass is 519 g/mol. The topological polar surface area (TPSA) is 66.4 Å². The Labute approximate surface area is 230 Å². The van der Waals surface area contributed by atoms with E-state index in [1.54, 1.807) is 42.5 Å². The van der Waals surface area contributed by atoms with Crippen molar-refractivity contribution in [1.82, 2.24) is 0 Å². The van der Waals surface area contributed by atoms with E-state index in [2.05, 4.69) is 12.2 Å². The molecule has 0 saturated heterocycles. The number of carbonyl (C=O) groups excluding carboxylic acids is 2. The summed E-state index contributed by atoms with van der Waals surface area (Å²) in [5.74, 6) is 0.000582. The summed E-state index contributed by atoms with van der Waals surface area (Å²) < 4.78 is 0. The standard InChI is InChI=1S/C34H49NO3/c1-2-3-4-5-6-7-8-9-10-11-12-13-14-15-16-17-24-33(37)30-21-19-22-31(28-30)35-34(38)26-25-29-20-18-23-32(36)27-29/h18-23,25-28,36H,2-17,24H2,1H3,(H,35,38). The van der Waals surface area contributed by atoms with Gasteiger partial charge in [-0.15, -0.1) is 0 Å². The smallest absolute Gasteiger partial charge is 0.248 e. The summed E-state index contributed by atoms with van der Waals surface area (Å²) in [7, 11) is 0. The van der Waals surface area contributed by atoms with Gasteiger partial charge in [-0.25, -0.2) is 0 Å². The Hall–Kier alpha value is -2.88. The van der Waals surface area contributed by atoms with E-state index < -0.39 is 0 Å². The van der Waals surface area contributed by atoms with Crippen LogP contribution in [0.25, 0.3) is 6.08 Å². The van der Waals surface area contributed by atoms with Crippen LogP contribution in [0.15, 0.2) is 54.6 Å². The van der Waals surface area contributed by atoms with Gasteiger partial charge in [0.1, 0.15) is 5.75 Å². The molecule has 0 aromatic heterocycles. The quantitative estimate of drug-likeness (QED) is 0.0979. The molecule has 0 heterocycles. The van der Waals surface area contributed by atoms with E-state index in [-0.39, 0.29) is 17.4 Å². The first-order chi connectivity index (χ1) is 18.6. The molecule has 1 amide bonds. The number of aromatic hydroxyl groups is 1. The van der Waals surface area contributed by atoms with E-state index in [1.165, 1.54) is 96.0 Å². The lowest BCUT2D eigenvalue weighted by Crippen LogP contribution is -2.08. The fourth-order valence-corrected chi connectivity index (χ4v) is 4.73. The third-order valence-corrected chi connectivity index (χ3v) is 7.01. The number of nitrogens with one attached hydrogen (secondary N) is 1. The van der Waals surface area contributed by atoms with Crippen LogP contribution in [-0.4, -0.2) is 16.8 Å². The van der Waals surface area contributed by atoms with Gasteiger partial charge in [0.25, 0.3) is 0 Å². The average molecular weight is 520 g/mol. The molecule has 0 unspecified atom stereocenters. The zero-order valence-corrected chi connectivity index (χ0v) is 23.6. The number of unbranched alkanes of at least 4 members (excludes halogenated alkanes) is 15. The number of hydrogen-bond donors (Lipinski definition) is 2. The van der Waals surface area contributed by atoms with Crippen LogP contribution in [0, 0.1) is 0 Å². The Morgan fingerprint density at radius 1 is 0.711 bits per heavy atom. The van der Waals surface area contributed by atoms with E-state index in [0.717, 1.165) is 18.4 Å². The maximum absolute atomic E-state index is 12.6. The van der Waals surface area contributed by atoms with E-state index in [0.29, 0.717) is 17.7 Å². The van der Waals surface area contributed by atoms with Crippen LogP contribution in [-0.2, 0) is 4.79 Å². The number of amides is 1. The van der Waals surface area contributed by atoms with Gasteiger partial charge < -0.3 is 10.4 Å². The predicted octanol–water partition coefficient (Wildman–Crippen LogP) is 9.88. The number of rotatable bonds is 21. The van der Waals surface area contributed by atoms with Crippen molar-refractivity contribution >= 4 is 23.5 Å². The maximum Gasteiger partial charge on any atom is 0.248 e. The Morgan fingerprint density at radius 2 is 1.26 bits per heavy atom. The minimum atomic E-state index is -0.282. The summed E-state index contributed by atoms with van der Waals surface area (Å²) in [6, 6.07) is 13.8. The summed E-state index contributed by atoms with van der Waals surface area (Å²) in [5, 5.41) is 12.3. The molecule has 0 aliphatic heterocycles. The lowest BCUT2D eigenvalue weighted by molar-refractivity contribution is -0.111. The van der Waals surface area contributed by atoms with Gasteiger partial charge in [0.2, 0.25) is 5.91 Å². The number of anilines is 1. The highest BCUT2D eigenvalue weighted by Gasteiger charge is 2.07. The molecule has 0 saturated carbocycles. The maximum atomic E-state index is 12.6. The Kier molecular flexibility index (Phi) is 16.6. The molecule has 208 valence electrons. The molecule has 0 fully saturated rings. The molecule has 4 heteroatoms. The van der Waals surface area contributed by atoms with E-state index in [9.17, 15) is 14.7 Å². The zero-order valence-electron chi connectivity index (χ0n) is 23.6. The largest absolute Gasteiger partial charge is 0.508 e. The molecule has 2 aromatic carbocycles. The number of benzene rings is 2. The molecule has 2 aromatic rings. The van der Waals surface area contributed by atoms with Gasteiger partial charge in [-0.05, 0) is 42.3 Å². The lowest BCUT2D eigenvalue weighted by atomic mass is 10.0. The van der Waals surface area contributed by atoms with Crippen molar-refractivity contribution in [3.05, 3.63) is 65.7 Å². The first-order valence-corrected chi connectivity index (χ1v) is 15.0. The Bertz CT molecular complexity index is 966. The molecule has 4 nitrogen and oxygen atoms in total. The van der Waals surface area contributed by atoms with E-state index in [1.807, 2.05) is 12.1 Å². The molecule has 0 bridgehead atoms. The fraction of sp³-hybridized carbons (Fsp3) is 0.529. The van der Waals surface area contributed by atoms with Crippen LogP contribution in [0.2, 0.25) is 0 Å². The van der Waals surface area contributed by atoms with Crippen LogP contribution in [0.5, 0.6) is 5.75 Å². The Balaban J connectivity index is 1.51. The second kappa shape index (κ2) is 20.1. The molecule has 2 rings (SSSR count). The minimum Gasteiger partial charge on any atom is -0.508 e. The summed E-state index contributed by atoms with van der Waals surface area (Å²) in [5.41, 5.74) is 1.98. The molecule has 0 aliphatic rings. The third-order valence-electron chi connectivity index (χ3n) is 7.01. The van der Waals surface area contributed by atoms with Crippen molar-refractivity contribution < 1.29 is 14.7 Å². The molecule has 0 radical (unpaired) electrons. The fourth-order valence-electron chi connectivity index (χ4n) is 4.73. The second-order valence-corrected chi connectivity index (χ2v) is 10.5. The Morgan fingerprint density at radius 3 is 1.84 bits per heavy atom. The van der Waals surface area contributed by atoms with Gasteiger partial charge in [-0.2, -0.15) is 0 Å². The minimum absolute atomic E-state index is 0.127. The molecule has 0 atom stereocenters. The van der Waals surface area contributed by atoms with Crippen LogP contribution in [0.4, 0.5) is 5.69 Å². The van der Waals surface area contributed by atoms with E-state index >= 15 is 0 Å². The van der Waals surface area contributed by atoms with Gasteiger partial charge in [-0.1, -0.05) is 128 Å². The first kappa shape index (κ1) is 31.3. The number of phenols is 1. The number of carbonyl (C=O) groups is 2. The predicted molar refractivity (Wildman–Crippen MR) is 161 cm³/mol. The summed E-state index contributed by atoms with van der Waals surface area (Å²) in [4.78, 5) is 24.9. The van der Waals surface area contributed by atoms with Gasteiger partial charge in [0, 0.05) is 23.7 Å². The number of phenolic OH excluding ortho intramolecular Hbond substituents is 1. The molecule has 0 aliphatic carbocycles. The van der Waals surface area contributed by atoms with E-state index in [4.69, 9.17) is 0 Å². The van der Waals surface area contributed by atoms with Crippen molar-refractivity contribution in [2.45, 2.75) is 116 Å². The zero-order chi connectivity index (χ0) is 27.3. The normalized spacial score (nSPS) is 11.2. The number of Topliss-reactive ketones (excluding diaryl/α,β-unsaturated/α-hetero) is 1. The highest BCUT2D eigenvalue weighted by molar-refractivity contribution is 6.03. The molecular formula is C34H49NO3. The molecule has 0 spiro atoms. The van der Waals surface area contributed by atoms with Crippen molar-refractivity contribution in [3.63, 3.8) is 0 Å². The van der Waals surface area contributed by atoms with Gasteiger partial charge in [0.05, 0.1) is 0 Å². The van der Waals surface area contributed by atoms with Gasteiger partial charge in [0.15, 0.2) is 5.78 Å². The highest BCUT2D eigenvalue weighted by Crippen LogP contribution is 2.17. The van der Waals surface area contributed by atoms with Gasteiger partial charge in [-0.3, -0.25) is 9.59 Å². The lowest BCUT2D eigenvalue weighted by Gasteiger charge is -2.06. The number of hydrogen-bond acceptors (Lipinski definition) is 3. The van der Waals surface area contributed by atoms with Crippen LogP contribution >= 0.6 is 0 Å². The van der Waals surface area contributed by atoms with Crippen LogP contribution in [0.1, 0.15) is 132 Å².